The minimum absolute atomic E-state index is 0.0281. The van der Waals surface area contributed by atoms with Crippen molar-refractivity contribution in [3.05, 3.63) is 17.6 Å². The molecule has 0 bridgehead atoms. The zero-order chi connectivity index (χ0) is 17.5. The highest BCUT2D eigenvalue weighted by molar-refractivity contribution is 5.79. The molecule has 0 aliphatic carbocycles. The van der Waals surface area contributed by atoms with Gasteiger partial charge in [-0.25, -0.2) is 4.98 Å². The van der Waals surface area contributed by atoms with Crippen LogP contribution in [-0.4, -0.2) is 40.0 Å². The lowest BCUT2D eigenvalue weighted by Crippen LogP contribution is -2.46. The lowest BCUT2D eigenvalue weighted by atomic mass is 9.95. The molecule has 1 aromatic heterocycles. The molecule has 1 aliphatic heterocycles. The molecule has 2 heterocycles. The molecule has 1 aliphatic rings. The van der Waals surface area contributed by atoms with Crippen LogP contribution in [0.5, 0.6) is 5.88 Å². The number of piperidine rings is 1. The Hall–Kier alpha value is -1.65. The fraction of sp³-hybridized carbons (Fsp3) is 0.737. The number of likely N-dealkylation sites (tertiary alicyclic amines) is 1. The molecule has 0 N–H and O–H groups in total. The van der Waals surface area contributed by atoms with Gasteiger partial charge < -0.3 is 9.64 Å². The molecule has 24 heavy (non-hydrogen) atoms. The average molecular weight is 333 g/mol. The van der Waals surface area contributed by atoms with E-state index in [0.717, 1.165) is 56.6 Å². The summed E-state index contributed by atoms with van der Waals surface area (Å²) >= 11 is 0. The van der Waals surface area contributed by atoms with Gasteiger partial charge in [-0.15, -0.1) is 0 Å². The first-order valence-corrected chi connectivity index (χ1v) is 9.31. The van der Waals surface area contributed by atoms with Gasteiger partial charge in [-0.3, -0.25) is 4.79 Å². The SMILES string of the molecule is CCCC(CCC)C(=O)N1CCCC(Oc2cc(C)nc(C)n2)C1. The maximum atomic E-state index is 12.8. The minimum atomic E-state index is 0.0281. The van der Waals surface area contributed by atoms with Gasteiger partial charge in [0.1, 0.15) is 11.9 Å². The van der Waals surface area contributed by atoms with Gasteiger partial charge in [-0.1, -0.05) is 26.7 Å². The lowest BCUT2D eigenvalue weighted by Gasteiger charge is -2.35. The van der Waals surface area contributed by atoms with Gasteiger partial charge in [-0.05, 0) is 39.5 Å². The predicted molar refractivity (Wildman–Crippen MR) is 95.0 cm³/mol. The molecule has 0 spiro atoms. The van der Waals surface area contributed by atoms with Gasteiger partial charge in [0, 0.05) is 24.2 Å². The third kappa shape index (κ3) is 5.18. The Kier molecular flexibility index (Phi) is 7.00. The van der Waals surface area contributed by atoms with Gasteiger partial charge in [0.15, 0.2) is 0 Å². The summed E-state index contributed by atoms with van der Waals surface area (Å²) in [5.41, 5.74) is 0.909. The highest BCUT2D eigenvalue weighted by Gasteiger charge is 2.29. The van der Waals surface area contributed by atoms with Gasteiger partial charge in [0.2, 0.25) is 11.8 Å². The summed E-state index contributed by atoms with van der Waals surface area (Å²) in [4.78, 5) is 23.5. The molecule has 0 radical (unpaired) electrons. The molecular formula is C19H31N3O2. The molecule has 1 aromatic rings. The highest BCUT2D eigenvalue weighted by atomic mass is 16.5. The van der Waals surface area contributed by atoms with E-state index in [1.165, 1.54) is 0 Å². The smallest absolute Gasteiger partial charge is 0.225 e. The van der Waals surface area contributed by atoms with Crippen molar-refractivity contribution in [1.82, 2.24) is 14.9 Å². The molecule has 1 fully saturated rings. The summed E-state index contributed by atoms with van der Waals surface area (Å²) in [5.74, 6) is 1.82. The third-order valence-electron chi connectivity index (χ3n) is 4.54. The van der Waals surface area contributed by atoms with Crippen molar-refractivity contribution >= 4 is 5.91 Å². The zero-order valence-corrected chi connectivity index (χ0v) is 15.5. The number of hydrogen-bond donors (Lipinski definition) is 0. The van der Waals surface area contributed by atoms with Crippen molar-refractivity contribution in [2.45, 2.75) is 72.3 Å². The second-order valence-electron chi connectivity index (χ2n) is 6.84. The minimum Gasteiger partial charge on any atom is -0.472 e. The Morgan fingerprint density at radius 3 is 2.62 bits per heavy atom. The van der Waals surface area contributed by atoms with Crippen LogP contribution >= 0.6 is 0 Å². The van der Waals surface area contributed by atoms with Gasteiger partial charge >= 0.3 is 0 Å². The van der Waals surface area contributed by atoms with E-state index >= 15 is 0 Å². The van der Waals surface area contributed by atoms with Crippen molar-refractivity contribution in [3.63, 3.8) is 0 Å². The van der Waals surface area contributed by atoms with Crippen LogP contribution in [0, 0.1) is 19.8 Å². The normalized spacial score (nSPS) is 18.0. The standard InChI is InChI=1S/C19H31N3O2/c1-5-8-16(9-6-2)19(23)22-11-7-10-17(13-22)24-18-12-14(3)20-15(4)21-18/h12,16-17H,5-11,13H2,1-4H3. The molecule has 0 saturated carbocycles. The molecular weight excluding hydrogens is 302 g/mol. The molecule has 1 atom stereocenters. The Morgan fingerprint density at radius 1 is 1.29 bits per heavy atom. The molecule has 1 saturated heterocycles. The van der Waals surface area contributed by atoms with Crippen molar-refractivity contribution in [2.24, 2.45) is 5.92 Å². The van der Waals surface area contributed by atoms with Crippen LogP contribution in [0.1, 0.15) is 63.9 Å². The van der Waals surface area contributed by atoms with Crippen LogP contribution in [0.25, 0.3) is 0 Å². The predicted octanol–water partition coefficient (Wildman–Crippen LogP) is 3.68. The van der Waals surface area contributed by atoms with Crippen LogP contribution in [0.4, 0.5) is 0 Å². The number of hydrogen-bond acceptors (Lipinski definition) is 4. The van der Waals surface area contributed by atoms with Crippen molar-refractivity contribution in [1.29, 1.82) is 0 Å². The lowest BCUT2D eigenvalue weighted by molar-refractivity contribution is -0.138. The van der Waals surface area contributed by atoms with Crippen molar-refractivity contribution in [3.8, 4) is 5.88 Å². The first-order chi connectivity index (χ1) is 11.5. The van der Waals surface area contributed by atoms with E-state index in [9.17, 15) is 4.79 Å². The highest BCUT2D eigenvalue weighted by Crippen LogP contribution is 2.22. The number of amides is 1. The van der Waals surface area contributed by atoms with Gasteiger partial charge in [0.05, 0.1) is 6.54 Å². The summed E-state index contributed by atoms with van der Waals surface area (Å²) in [6.45, 7) is 9.64. The van der Waals surface area contributed by atoms with E-state index in [4.69, 9.17) is 4.74 Å². The molecule has 5 heteroatoms. The van der Waals surface area contributed by atoms with Crippen molar-refractivity contribution in [2.75, 3.05) is 13.1 Å². The number of rotatable bonds is 7. The molecule has 0 aromatic carbocycles. The number of carbonyl (C=O) groups is 1. The summed E-state index contributed by atoms with van der Waals surface area (Å²) in [7, 11) is 0. The van der Waals surface area contributed by atoms with E-state index in [0.29, 0.717) is 18.3 Å². The Bertz CT molecular complexity index is 521. The van der Waals surface area contributed by atoms with Crippen molar-refractivity contribution < 1.29 is 9.53 Å². The van der Waals surface area contributed by atoms with E-state index in [-0.39, 0.29) is 12.0 Å². The molecule has 1 amide bonds. The summed E-state index contributed by atoms with van der Waals surface area (Å²) in [6, 6.07) is 1.87. The topological polar surface area (TPSA) is 55.3 Å². The molecule has 2 rings (SSSR count). The number of nitrogens with zero attached hydrogens (tertiary/aromatic N) is 3. The third-order valence-corrected chi connectivity index (χ3v) is 4.54. The Labute approximate surface area is 145 Å². The summed E-state index contributed by atoms with van der Waals surface area (Å²) < 4.78 is 6.05. The molecule has 5 nitrogen and oxygen atoms in total. The Balaban J connectivity index is 1.98. The number of carbonyl (C=O) groups excluding carboxylic acids is 1. The average Bonchev–Trinajstić information content (AvgIpc) is 2.53. The van der Waals surface area contributed by atoms with Crippen LogP contribution in [0.15, 0.2) is 6.07 Å². The monoisotopic (exact) mass is 333 g/mol. The number of ether oxygens (including phenoxy) is 1. The maximum absolute atomic E-state index is 12.8. The van der Waals surface area contributed by atoms with Gasteiger partial charge in [0.25, 0.3) is 0 Å². The van der Waals surface area contributed by atoms with Crippen LogP contribution in [0.3, 0.4) is 0 Å². The zero-order valence-electron chi connectivity index (χ0n) is 15.5. The first-order valence-electron chi connectivity index (χ1n) is 9.31. The van der Waals surface area contributed by atoms with Crippen LogP contribution in [0.2, 0.25) is 0 Å². The summed E-state index contributed by atoms with van der Waals surface area (Å²) in [6.07, 6.45) is 6.08. The molecule has 134 valence electrons. The Morgan fingerprint density at radius 2 is 2.00 bits per heavy atom. The second-order valence-corrected chi connectivity index (χ2v) is 6.84. The fourth-order valence-electron chi connectivity index (χ4n) is 3.50. The van der Waals surface area contributed by atoms with E-state index in [1.807, 2.05) is 24.8 Å². The van der Waals surface area contributed by atoms with E-state index in [2.05, 4.69) is 23.8 Å². The first kappa shape index (κ1) is 18.7. The summed E-state index contributed by atoms with van der Waals surface area (Å²) in [5, 5.41) is 0. The second kappa shape index (κ2) is 9.00. The van der Waals surface area contributed by atoms with E-state index < -0.39 is 0 Å². The number of aromatic nitrogens is 2. The molecule has 1 unspecified atom stereocenters. The van der Waals surface area contributed by atoms with Gasteiger partial charge in [-0.2, -0.15) is 4.98 Å². The maximum Gasteiger partial charge on any atom is 0.225 e. The van der Waals surface area contributed by atoms with Crippen LogP contribution in [-0.2, 0) is 4.79 Å². The largest absolute Gasteiger partial charge is 0.472 e. The van der Waals surface area contributed by atoms with Crippen LogP contribution < -0.4 is 4.74 Å². The van der Waals surface area contributed by atoms with E-state index in [1.54, 1.807) is 0 Å². The number of aryl methyl sites for hydroxylation is 2. The quantitative estimate of drug-likeness (QED) is 0.764. The fourth-order valence-corrected chi connectivity index (χ4v) is 3.50.